The van der Waals surface area contributed by atoms with E-state index < -0.39 is 0 Å². The van der Waals surface area contributed by atoms with Crippen molar-refractivity contribution in [1.82, 2.24) is 10.6 Å². The third-order valence-electron chi connectivity index (χ3n) is 3.33. The lowest BCUT2D eigenvalue weighted by molar-refractivity contribution is -0.115. The fourth-order valence-electron chi connectivity index (χ4n) is 2.07. The highest BCUT2D eigenvalue weighted by atomic mass is 16.5. The Kier molecular flexibility index (Phi) is 9.76. The van der Waals surface area contributed by atoms with Crippen molar-refractivity contribution >= 4 is 11.6 Å². The number of rotatable bonds is 14. The molecule has 0 unspecified atom stereocenters. The third kappa shape index (κ3) is 7.67. The fraction of sp³-hybridized carbons (Fsp3) is 0.444. The van der Waals surface area contributed by atoms with E-state index in [0.717, 1.165) is 25.7 Å². The van der Waals surface area contributed by atoms with Gasteiger partial charge in [-0.25, -0.2) is 0 Å². The summed E-state index contributed by atoms with van der Waals surface area (Å²) in [6, 6.07) is 0. The number of hydrogen-bond acceptors (Lipinski definition) is 6. The van der Waals surface area contributed by atoms with Gasteiger partial charge in [-0.05, 0) is 25.7 Å². The molecule has 0 saturated heterocycles. The lowest BCUT2D eigenvalue weighted by Gasteiger charge is -2.15. The van der Waals surface area contributed by atoms with Gasteiger partial charge in [0.25, 0.3) is 0 Å². The zero-order chi connectivity index (χ0) is 17.6. The zero-order valence-corrected chi connectivity index (χ0v) is 14.0. The van der Waals surface area contributed by atoms with Gasteiger partial charge in [-0.2, -0.15) is 0 Å². The predicted octanol–water partition coefficient (Wildman–Crippen LogP) is 1.97. The second-order valence-corrected chi connectivity index (χ2v) is 5.19. The topological polar surface area (TPSA) is 76.7 Å². The molecule has 0 aromatic heterocycles. The molecule has 6 nitrogen and oxygen atoms in total. The lowest BCUT2D eigenvalue weighted by atomic mass is 10.1. The van der Waals surface area contributed by atoms with Gasteiger partial charge in [0, 0.05) is 25.2 Å². The highest BCUT2D eigenvalue weighted by Gasteiger charge is 2.19. The predicted molar refractivity (Wildman–Crippen MR) is 93.0 cm³/mol. The second-order valence-electron chi connectivity index (χ2n) is 5.19. The summed E-state index contributed by atoms with van der Waals surface area (Å²) in [5.41, 5.74) is 0.684. The molecule has 0 atom stereocenters. The number of hydrogen-bond donors (Lipinski definition) is 2. The van der Waals surface area contributed by atoms with Gasteiger partial charge in [0.05, 0.1) is 37.1 Å². The minimum Gasteiger partial charge on any atom is -0.502 e. The van der Waals surface area contributed by atoms with Crippen LogP contribution in [0.15, 0.2) is 49.2 Å². The van der Waals surface area contributed by atoms with Crippen LogP contribution in [-0.2, 0) is 19.1 Å². The van der Waals surface area contributed by atoms with Crippen molar-refractivity contribution in [2.75, 3.05) is 26.3 Å². The molecular weight excluding hydrogens is 308 g/mol. The van der Waals surface area contributed by atoms with E-state index in [9.17, 15) is 9.59 Å². The number of allylic oxidation sites excluding steroid dienone is 2. The molecule has 0 radical (unpaired) electrons. The molecule has 0 aromatic carbocycles. The lowest BCUT2D eigenvalue weighted by Crippen LogP contribution is -2.30. The van der Waals surface area contributed by atoms with E-state index in [-0.39, 0.29) is 11.6 Å². The van der Waals surface area contributed by atoms with Crippen LogP contribution in [0, 0.1) is 0 Å². The van der Waals surface area contributed by atoms with Crippen molar-refractivity contribution < 1.29 is 19.1 Å². The van der Waals surface area contributed by atoms with E-state index in [1.54, 1.807) is 0 Å². The maximum atomic E-state index is 12.0. The van der Waals surface area contributed by atoms with Gasteiger partial charge in [0.2, 0.25) is 11.6 Å². The first-order chi connectivity index (χ1) is 11.7. The van der Waals surface area contributed by atoms with Gasteiger partial charge in [-0.1, -0.05) is 13.2 Å². The van der Waals surface area contributed by atoms with E-state index in [1.165, 1.54) is 24.7 Å². The summed E-state index contributed by atoms with van der Waals surface area (Å²) < 4.78 is 10.0. The maximum absolute atomic E-state index is 12.0. The van der Waals surface area contributed by atoms with E-state index in [0.29, 0.717) is 37.7 Å². The molecule has 0 saturated carbocycles. The molecule has 6 heteroatoms. The van der Waals surface area contributed by atoms with E-state index in [2.05, 4.69) is 23.8 Å². The van der Waals surface area contributed by atoms with Crippen molar-refractivity contribution in [3.63, 3.8) is 0 Å². The summed E-state index contributed by atoms with van der Waals surface area (Å²) in [6.07, 6.45) is 8.91. The number of carbonyl (C=O) groups is 2. The van der Waals surface area contributed by atoms with Crippen molar-refractivity contribution in [2.24, 2.45) is 0 Å². The van der Waals surface area contributed by atoms with Crippen molar-refractivity contribution in [3.8, 4) is 0 Å². The molecule has 1 rings (SSSR count). The third-order valence-corrected chi connectivity index (χ3v) is 3.33. The van der Waals surface area contributed by atoms with Gasteiger partial charge in [-0.3, -0.25) is 9.59 Å². The smallest absolute Gasteiger partial charge is 0.203 e. The summed E-state index contributed by atoms with van der Waals surface area (Å²) in [7, 11) is 0. The van der Waals surface area contributed by atoms with Crippen LogP contribution >= 0.6 is 0 Å². The van der Waals surface area contributed by atoms with Gasteiger partial charge < -0.3 is 20.1 Å². The summed E-state index contributed by atoms with van der Waals surface area (Å²) in [5.74, 6) is -0.371. The molecule has 0 spiro atoms. The van der Waals surface area contributed by atoms with Crippen LogP contribution in [0.2, 0.25) is 0 Å². The first-order valence-corrected chi connectivity index (χ1v) is 8.14. The molecule has 0 amide bonds. The molecule has 0 bridgehead atoms. The number of ketones is 2. The Morgan fingerprint density at radius 2 is 1.21 bits per heavy atom. The first kappa shape index (κ1) is 19.5. The van der Waals surface area contributed by atoms with Crippen LogP contribution in [0.1, 0.15) is 25.7 Å². The Hall–Kier alpha value is -2.50. The Bertz CT molecular complexity index is 463. The average Bonchev–Trinajstić information content (AvgIpc) is 2.57. The minimum absolute atomic E-state index is 0.186. The monoisotopic (exact) mass is 334 g/mol. The second kappa shape index (κ2) is 12.0. The zero-order valence-electron chi connectivity index (χ0n) is 14.0. The molecule has 0 aromatic rings. The van der Waals surface area contributed by atoms with Gasteiger partial charge in [0.15, 0.2) is 0 Å². The Morgan fingerprint density at radius 1 is 0.792 bits per heavy atom. The van der Waals surface area contributed by atoms with Crippen molar-refractivity contribution in [3.05, 3.63) is 49.2 Å². The van der Waals surface area contributed by atoms with Crippen LogP contribution in [-0.4, -0.2) is 37.9 Å². The molecule has 0 aliphatic heterocycles. The molecule has 0 heterocycles. The molecule has 1 aliphatic rings. The van der Waals surface area contributed by atoms with Crippen LogP contribution in [0.5, 0.6) is 0 Å². The molecule has 1 aliphatic carbocycles. The van der Waals surface area contributed by atoms with Gasteiger partial charge in [-0.15, -0.1) is 0 Å². The van der Waals surface area contributed by atoms with Crippen molar-refractivity contribution in [2.45, 2.75) is 25.7 Å². The summed E-state index contributed by atoms with van der Waals surface area (Å²) in [4.78, 5) is 24.0. The van der Waals surface area contributed by atoms with Gasteiger partial charge in [0.1, 0.15) is 0 Å². The summed E-state index contributed by atoms with van der Waals surface area (Å²) in [5, 5.41) is 6.00. The molecular formula is C18H26N2O4. The van der Waals surface area contributed by atoms with E-state index in [4.69, 9.17) is 9.47 Å². The quantitative estimate of drug-likeness (QED) is 0.287. The van der Waals surface area contributed by atoms with Crippen LogP contribution < -0.4 is 10.6 Å². The maximum Gasteiger partial charge on any atom is 0.203 e. The highest BCUT2D eigenvalue weighted by Crippen LogP contribution is 2.08. The van der Waals surface area contributed by atoms with E-state index >= 15 is 0 Å². The number of ether oxygens (including phenoxy) is 2. The Morgan fingerprint density at radius 3 is 1.58 bits per heavy atom. The summed E-state index contributed by atoms with van der Waals surface area (Å²) >= 11 is 0. The molecule has 24 heavy (non-hydrogen) atoms. The molecule has 0 fully saturated rings. The Labute approximate surface area is 143 Å². The van der Waals surface area contributed by atoms with Crippen LogP contribution in [0.3, 0.4) is 0 Å². The highest BCUT2D eigenvalue weighted by molar-refractivity contribution is 6.19. The fourth-order valence-corrected chi connectivity index (χ4v) is 2.07. The first-order valence-electron chi connectivity index (χ1n) is 8.14. The van der Waals surface area contributed by atoms with Gasteiger partial charge >= 0.3 is 0 Å². The number of nitrogens with one attached hydrogen (secondary N) is 2. The SMILES string of the molecule is C=COCCCCNC1=CC(=O)C(NCCCCOC=C)=CC1=O. The van der Waals surface area contributed by atoms with E-state index in [1.807, 2.05) is 0 Å². The molecule has 132 valence electrons. The van der Waals surface area contributed by atoms with Crippen LogP contribution in [0.25, 0.3) is 0 Å². The normalized spacial score (nSPS) is 13.7. The Balaban J connectivity index is 2.27. The van der Waals surface area contributed by atoms with Crippen LogP contribution in [0.4, 0.5) is 0 Å². The summed E-state index contributed by atoms with van der Waals surface area (Å²) in [6.45, 7) is 9.36. The average molecular weight is 334 g/mol. The molecule has 2 N–H and O–H groups in total. The largest absolute Gasteiger partial charge is 0.502 e. The van der Waals surface area contributed by atoms with Crippen molar-refractivity contribution in [1.29, 1.82) is 0 Å². The standard InChI is InChI=1S/C18H26N2O4/c1-3-23-11-7-5-9-19-15-13-18(22)16(14-17(15)21)20-10-6-8-12-24-4-2/h3-4,13-14,19-20H,1-2,5-12H2. The number of carbonyl (C=O) groups excluding carboxylic acids is 2. The number of unbranched alkanes of at least 4 members (excludes halogenated alkanes) is 2. The minimum atomic E-state index is -0.186.